The molecular formula is C33H73NO9. The second-order valence-electron chi connectivity index (χ2n) is 10.8. The van der Waals surface area contributed by atoms with Crippen LogP contribution in [-0.2, 0) is 42.6 Å². The first kappa shape index (κ1) is 47.0. The number of ether oxygens (including phenoxy) is 9. The van der Waals surface area contributed by atoms with Gasteiger partial charge in [-0.1, -0.05) is 48.5 Å². The lowest BCUT2D eigenvalue weighted by Crippen LogP contribution is -2.52. The molecule has 0 aliphatic heterocycles. The van der Waals surface area contributed by atoms with Crippen molar-refractivity contribution in [2.75, 3.05) is 126 Å². The van der Waals surface area contributed by atoms with Crippen LogP contribution in [0.2, 0.25) is 0 Å². The molecule has 1 N–H and O–H groups in total. The molecule has 0 aromatic carbocycles. The zero-order valence-corrected chi connectivity index (χ0v) is 30.2. The predicted octanol–water partition coefficient (Wildman–Crippen LogP) is 5.26. The minimum atomic E-state index is -0.0448. The van der Waals surface area contributed by atoms with Crippen LogP contribution in [0.25, 0.3) is 0 Å². The number of nitrogens with one attached hydrogen (secondary N) is 1. The molecule has 0 heterocycles. The monoisotopic (exact) mass is 628 g/mol. The maximum Gasteiger partial charge on any atom is 0.0701 e. The molecule has 0 saturated heterocycles. The molecule has 2 unspecified atom stereocenters. The van der Waals surface area contributed by atoms with Gasteiger partial charge in [-0.25, -0.2) is 0 Å². The van der Waals surface area contributed by atoms with Gasteiger partial charge in [0, 0.05) is 44.9 Å². The number of rotatable bonds is 30. The highest BCUT2D eigenvalue weighted by Gasteiger charge is 2.27. The van der Waals surface area contributed by atoms with Gasteiger partial charge in [-0.15, -0.1) is 0 Å². The molecule has 0 rings (SSSR count). The molecule has 2 atom stereocenters. The fraction of sp³-hybridized carbons (Fsp3) is 1.00. The summed E-state index contributed by atoms with van der Waals surface area (Å²) in [7, 11) is 3.34. The Hall–Kier alpha value is -0.400. The molecule has 0 spiro atoms. The van der Waals surface area contributed by atoms with Gasteiger partial charge in [0.1, 0.15) is 0 Å². The van der Waals surface area contributed by atoms with Gasteiger partial charge in [0.2, 0.25) is 0 Å². The molecule has 0 amide bonds. The maximum absolute atomic E-state index is 5.71. The fourth-order valence-corrected chi connectivity index (χ4v) is 3.23. The fourth-order valence-electron chi connectivity index (χ4n) is 3.23. The molecule has 0 fully saturated rings. The third-order valence-electron chi connectivity index (χ3n) is 6.74. The minimum Gasteiger partial charge on any atom is -0.382 e. The Morgan fingerprint density at radius 3 is 1.40 bits per heavy atom. The summed E-state index contributed by atoms with van der Waals surface area (Å²) < 4.78 is 48.4. The molecule has 0 saturated carbocycles. The molecule has 0 aliphatic rings. The lowest BCUT2D eigenvalue weighted by atomic mass is 9.89. The van der Waals surface area contributed by atoms with Gasteiger partial charge in [-0.2, -0.15) is 0 Å². The van der Waals surface area contributed by atoms with Gasteiger partial charge >= 0.3 is 0 Å². The van der Waals surface area contributed by atoms with Crippen molar-refractivity contribution >= 4 is 0 Å². The van der Waals surface area contributed by atoms with E-state index in [0.717, 1.165) is 32.6 Å². The Balaban J connectivity index is -0.000000704. The van der Waals surface area contributed by atoms with Crippen LogP contribution in [0.15, 0.2) is 0 Å². The second kappa shape index (κ2) is 36.1. The van der Waals surface area contributed by atoms with Crippen LogP contribution in [0.1, 0.15) is 75.2 Å². The van der Waals surface area contributed by atoms with Crippen molar-refractivity contribution in [1.29, 1.82) is 0 Å². The minimum absolute atomic E-state index is 0.0448. The Bertz CT molecular complexity index is 517. The average molecular weight is 628 g/mol. The summed E-state index contributed by atoms with van der Waals surface area (Å²) in [5, 5.41) is 3.53. The first-order valence-electron chi connectivity index (χ1n) is 16.5. The highest BCUT2D eigenvalue weighted by molar-refractivity contribution is 4.86. The zero-order chi connectivity index (χ0) is 33.1. The summed E-state index contributed by atoms with van der Waals surface area (Å²) in [5.41, 5.74) is 0.00805. The SMILES string of the molecule is CC.CCCOCCOCC(C)(CC)COCCOCCOC.CCOCCOCC(C)(NCCOCCOC)C(C)C. The van der Waals surface area contributed by atoms with E-state index in [1.165, 1.54) is 0 Å². The van der Waals surface area contributed by atoms with E-state index >= 15 is 0 Å². The molecule has 10 nitrogen and oxygen atoms in total. The molecule has 0 aliphatic carbocycles. The Kier molecular flexibility index (Phi) is 39.4. The third kappa shape index (κ3) is 32.8. The normalized spacial score (nSPS) is 14.0. The molecule has 0 bridgehead atoms. The summed E-state index contributed by atoms with van der Waals surface area (Å²) in [6, 6.07) is 0. The van der Waals surface area contributed by atoms with Crippen molar-refractivity contribution in [1.82, 2.24) is 5.32 Å². The summed E-state index contributed by atoms with van der Waals surface area (Å²) in [6.07, 6.45) is 2.07. The van der Waals surface area contributed by atoms with Gasteiger partial charge in [-0.05, 0) is 32.6 Å². The topological polar surface area (TPSA) is 95.1 Å². The van der Waals surface area contributed by atoms with Crippen molar-refractivity contribution in [3.05, 3.63) is 0 Å². The van der Waals surface area contributed by atoms with Crippen LogP contribution >= 0.6 is 0 Å². The standard InChI is InChI=1S/C16H34O5.C15H33NO4.C2H6/c1-5-7-18-10-12-20-14-16(3,6-2)15-21-13-11-19-9-8-17-4;1-6-18-11-12-20-13-15(4,14(2)3)16-7-8-19-10-9-17-5;1-2/h5-15H2,1-4H3;14,16H,6-13H2,1-5H3;1-2H3. The first-order chi connectivity index (χ1) is 20.7. The van der Waals surface area contributed by atoms with Crippen molar-refractivity contribution in [3.8, 4) is 0 Å². The summed E-state index contributed by atoms with van der Waals surface area (Å²) in [6.45, 7) is 30.5. The maximum atomic E-state index is 5.71. The van der Waals surface area contributed by atoms with Crippen LogP contribution in [0.4, 0.5) is 0 Å². The van der Waals surface area contributed by atoms with Crippen LogP contribution in [0.5, 0.6) is 0 Å². The van der Waals surface area contributed by atoms with Crippen molar-refractivity contribution in [2.45, 2.75) is 80.7 Å². The van der Waals surface area contributed by atoms with E-state index in [2.05, 4.69) is 46.9 Å². The summed E-state index contributed by atoms with van der Waals surface area (Å²) in [4.78, 5) is 0. The molecule has 43 heavy (non-hydrogen) atoms. The van der Waals surface area contributed by atoms with E-state index in [4.69, 9.17) is 42.6 Å². The van der Waals surface area contributed by atoms with Crippen LogP contribution in [-0.4, -0.2) is 132 Å². The lowest BCUT2D eigenvalue weighted by Gasteiger charge is -2.35. The number of methoxy groups -OCH3 is 2. The third-order valence-corrected chi connectivity index (χ3v) is 6.74. The average Bonchev–Trinajstić information content (AvgIpc) is 3.01. The summed E-state index contributed by atoms with van der Waals surface area (Å²) in [5.74, 6) is 0.480. The van der Waals surface area contributed by atoms with E-state index in [9.17, 15) is 0 Å². The molecule has 0 aromatic heterocycles. The molecule has 0 radical (unpaired) electrons. The highest BCUT2D eigenvalue weighted by atomic mass is 16.5. The van der Waals surface area contributed by atoms with Crippen molar-refractivity contribution < 1.29 is 42.6 Å². The van der Waals surface area contributed by atoms with E-state index < -0.39 is 0 Å². The zero-order valence-electron chi connectivity index (χ0n) is 30.2. The lowest BCUT2D eigenvalue weighted by molar-refractivity contribution is -0.0435. The van der Waals surface area contributed by atoms with Crippen molar-refractivity contribution in [2.24, 2.45) is 11.3 Å². The smallest absolute Gasteiger partial charge is 0.0701 e. The van der Waals surface area contributed by atoms with E-state index in [1.807, 2.05) is 20.8 Å². The van der Waals surface area contributed by atoms with Crippen LogP contribution in [0, 0.1) is 11.3 Å². The van der Waals surface area contributed by atoms with Crippen molar-refractivity contribution in [3.63, 3.8) is 0 Å². The molecule has 0 aromatic rings. The van der Waals surface area contributed by atoms with Crippen LogP contribution in [0.3, 0.4) is 0 Å². The molecule has 264 valence electrons. The predicted molar refractivity (Wildman–Crippen MR) is 176 cm³/mol. The Morgan fingerprint density at radius 1 is 0.535 bits per heavy atom. The van der Waals surface area contributed by atoms with Gasteiger partial charge in [-0.3, -0.25) is 0 Å². The van der Waals surface area contributed by atoms with Gasteiger partial charge in [0.15, 0.2) is 0 Å². The number of hydrogen-bond donors (Lipinski definition) is 1. The van der Waals surface area contributed by atoms with Crippen LogP contribution < -0.4 is 5.32 Å². The van der Waals surface area contributed by atoms with E-state index in [1.54, 1.807) is 14.2 Å². The van der Waals surface area contributed by atoms with Gasteiger partial charge < -0.3 is 47.9 Å². The van der Waals surface area contributed by atoms with E-state index in [-0.39, 0.29) is 11.0 Å². The largest absolute Gasteiger partial charge is 0.382 e. The quantitative estimate of drug-likeness (QED) is 0.106. The first-order valence-corrected chi connectivity index (χ1v) is 16.5. The molecular weight excluding hydrogens is 554 g/mol. The van der Waals surface area contributed by atoms with Gasteiger partial charge in [0.05, 0.1) is 92.5 Å². The second-order valence-corrected chi connectivity index (χ2v) is 10.8. The Labute approximate surface area is 266 Å². The molecule has 10 heteroatoms. The number of hydrogen-bond acceptors (Lipinski definition) is 10. The highest BCUT2D eigenvalue weighted by Crippen LogP contribution is 2.22. The van der Waals surface area contributed by atoms with Gasteiger partial charge in [0.25, 0.3) is 0 Å². The van der Waals surface area contributed by atoms with E-state index in [0.29, 0.717) is 98.4 Å². The summed E-state index contributed by atoms with van der Waals surface area (Å²) >= 11 is 0. The Morgan fingerprint density at radius 2 is 0.953 bits per heavy atom.